The molecule has 1 aliphatic heterocycles. The molecule has 1 aromatic heterocycles. The Kier molecular flexibility index (Phi) is 6.70. The summed E-state index contributed by atoms with van der Waals surface area (Å²) < 4.78 is 5.85. The molecule has 6 heteroatoms. The Morgan fingerprint density at radius 3 is 2.42 bits per heavy atom. The van der Waals surface area contributed by atoms with Gasteiger partial charge < -0.3 is 15.0 Å². The van der Waals surface area contributed by atoms with Crippen LogP contribution in [-0.4, -0.2) is 42.0 Å². The van der Waals surface area contributed by atoms with Gasteiger partial charge in [0.1, 0.15) is 5.00 Å². The number of fused-ring (bicyclic) bond motifs is 1. The smallest absolute Gasteiger partial charge is 0.257 e. The molecule has 1 fully saturated rings. The van der Waals surface area contributed by atoms with E-state index in [4.69, 9.17) is 4.74 Å². The fourth-order valence-corrected chi connectivity index (χ4v) is 6.45. The molecule has 0 spiro atoms. The van der Waals surface area contributed by atoms with Crippen molar-refractivity contribution >= 4 is 28.2 Å². The molecule has 1 aliphatic carbocycles. The molecule has 1 saturated heterocycles. The molecule has 0 bridgehead atoms. The molecule has 2 heterocycles. The van der Waals surface area contributed by atoms with Crippen molar-refractivity contribution in [3.63, 3.8) is 0 Å². The minimum Gasteiger partial charge on any atom is -0.372 e. The monoisotopic (exact) mass is 468 g/mol. The predicted molar refractivity (Wildman–Crippen MR) is 134 cm³/mol. The fraction of sp³-hybridized carbons (Fsp3) is 0.556. The Bertz CT molecular complexity index is 1040. The molecule has 0 saturated carbocycles. The van der Waals surface area contributed by atoms with Crippen molar-refractivity contribution in [2.45, 2.75) is 73.0 Å². The van der Waals surface area contributed by atoms with Crippen LogP contribution in [-0.2, 0) is 17.6 Å². The lowest BCUT2D eigenvalue weighted by Gasteiger charge is -2.36. The zero-order chi connectivity index (χ0) is 23.9. The molecule has 2 aliphatic rings. The summed E-state index contributed by atoms with van der Waals surface area (Å²) in [5, 5.41) is 3.82. The van der Waals surface area contributed by atoms with Gasteiger partial charge >= 0.3 is 0 Å². The minimum atomic E-state index is -0.156. The summed E-state index contributed by atoms with van der Waals surface area (Å²) in [5.41, 5.74) is 3.62. The molecule has 33 heavy (non-hydrogen) atoms. The number of ether oxygens (including phenoxy) is 1. The van der Waals surface area contributed by atoms with Gasteiger partial charge in [0.25, 0.3) is 11.8 Å². The molecular weight excluding hydrogens is 432 g/mol. The first-order valence-corrected chi connectivity index (χ1v) is 12.8. The third-order valence-corrected chi connectivity index (χ3v) is 8.20. The SMILES string of the molecule is Cc1ccccc1C(=O)Nc1sc2c(c1C(=O)N1C[C@H](C)O[C@@H](C)C1)CC[C@@H](C(C)(C)C)C2. The van der Waals surface area contributed by atoms with Crippen LogP contribution in [0, 0.1) is 18.3 Å². The summed E-state index contributed by atoms with van der Waals surface area (Å²) in [6, 6.07) is 7.57. The maximum atomic E-state index is 13.8. The second kappa shape index (κ2) is 9.22. The Morgan fingerprint density at radius 2 is 1.79 bits per heavy atom. The van der Waals surface area contributed by atoms with Gasteiger partial charge in [0, 0.05) is 23.5 Å². The van der Waals surface area contributed by atoms with Gasteiger partial charge in [-0.05, 0) is 68.6 Å². The standard InChI is InChI=1S/C27H36N2O3S/c1-16-9-7-8-10-20(16)24(30)28-25-23(26(31)29-14-17(2)32-18(3)15-29)21-12-11-19(27(4,5)6)13-22(21)33-25/h7-10,17-19H,11-15H2,1-6H3,(H,28,30)/t17-,18-,19+/m0/s1. The molecule has 3 atom stereocenters. The molecule has 1 N–H and O–H groups in total. The Balaban J connectivity index is 1.71. The van der Waals surface area contributed by atoms with Crippen LogP contribution in [0.3, 0.4) is 0 Å². The predicted octanol–water partition coefficient (Wildman–Crippen LogP) is 5.71. The lowest BCUT2D eigenvalue weighted by atomic mass is 9.72. The van der Waals surface area contributed by atoms with Gasteiger partial charge in [0.2, 0.25) is 0 Å². The van der Waals surface area contributed by atoms with E-state index in [-0.39, 0.29) is 29.4 Å². The van der Waals surface area contributed by atoms with Crippen LogP contribution in [0.15, 0.2) is 24.3 Å². The highest BCUT2D eigenvalue weighted by Gasteiger charge is 2.36. The summed E-state index contributed by atoms with van der Waals surface area (Å²) in [4.78, 5) is 30.2. The Morgan fingerprint density at radius 1 is 1.12 bits per heavy atom. The van der Waals surface area contributed by atoms with Crippen molar-refractivity contribution in [2.24, 2.45) is 11.3 Å². The molecule has 1 aromatic carbocycles. The van der Waals surface area contributed by atoms with Crippen molar-refractivity contribution < 1.29 is 14.3 Å². The Hall–Kier alpha value is -2.18. The molecular formula is C27H36N2O3S. The van der Waals surface area contributed by atoms with E-state index < -0.39 is 0 Å². The van der Waals surface area contributed by atoms with E-state index in [1.807, 2.05) is 49.9 Å². The van der Waals surface area contributed by atoms with Crippen LogP contribution in [0.4, 0.5) is 5.00 Å². The largest absolute Gasteiger partial charge is 0.372 e. The van der Waals surface area contributed by atoms with Crippen LogP contribution in [0.5, 0.6) is 0 Å². The first-order valence-electron chi connectivity index (χ1n) is 12.0. The number of amides is 2. The molecule has 0 unspecified atom stereocenters. The topological polar surface area (TPSA) is 58.6 Å². The van der Waals surface area contributed by atoms with Gasteiger partial charge in [0.05, 0.1) is 17.8 Å². The maximum absolute atomic E-state index is 13.8. The van der Waals surface area contributed by atoms with E-state index in [2.05, 4.69) is 26.1 Å². The van der Waals surface area contributed by atoms with E-state index in [0.717, 1.165) is 30.4 Å². The van der Waals surface area contributed by atoms with Gasteiger partial charge in [-0.15, -0.1) is 11.3 Å². The molecule has 2 aromatic rings. The van der Waals surface area contributed by atoms with E-state index in [9.17, 15) is 9.59 Å². The van der Waals surface area contributed by atoms with Gasteiger partial charge in [0.15, 0.2) is 0 Å². The van der Waals surface area contributed by atoms with E-state index in [1.54, 1.807) is 11.3 Å². The van der Waals surface area contributed by atoms with Gasteiger partial charge in [-0.3, -0.25) is 9.59 Å². The van der Waals surface area contributed by atoms with Crippen LogP contribution >= 0.6 is 11.3 Å². The van der Waals surface area contributed by atoms with E-state index in [1.165, 1.54) is 4.88 Å². The number of nitrogens with zero attached hydrogens (tertiary/aromatic N) is 1. The third kappa shape index (κ3) is 5.02. The summed E-state index contributed by atoms with van der Waals surface area (Å²) in [7, 11) is 0. The van der Waals surface area contributed by atoms with Crippen LogP contribution in [0.2, 0.25) is 0 Å². The van der Waals surface area contributed by atoms with Crippen LogP contribution < -0.4 is 5.32 Å². The van der Waals surface area contributed by atoms with E-state index in [0.29, 0.717) is 35.1 Å². The lowest BCUT2D eigenvalue weighted by molar-refractivity contribution is -0.0586. The lowest BCUT2D eigenvalue weighted by Crippen LogP contribution is -2.48. The zero-order valence-corrected chi connectivity index (χ0v) is 21.5. The number of aryl methyl sites for hydroxylation is 1. The average Bonchev–Trinajstić information content (AvgIpc) is 3.09. The number of carbonyl (C=O) groups excluding carboxylic acids is 2. The highest BCUT2D eigenvalue weighted by Crippen LogP contribution is 2.45. The van der Waals surface area contributed by atoms with Gasteiger partial charge in [-0.25, -0.2) is 0 Å². The number of carbonyl (C=O) groups is 2. The second-order valence-electron chi connectivity index (χ2n) is 10.8. The van der Waals surface area contributed by atoms with Crippen LogP contribution in [0.25, 0.3) is 0 Å². The van der Waals surface area contributed by atoms with Crippen molar-refractivity contribution in [1.82, 2.24) is 4.90 Å². The minimum absolute atomic E-state index is 0.00226. The number of hydrogen-bond donors (Lipinski definition) is 1. The van der Waals surface area contributed by atoms with Crippen molar-refractivity contribution in [3.05, 3.63) is 51.4 Å². The quantitative estimate of drug-likeness (QED) is 0.628. The Labute approximate surface area is 201 Å². The summed E-state index contributed by atoms with van der Waals surface area (Å²) in [6.07, 6.45) is 2.91. The second-order valence-corrected chi connectivity index (χ2v) is 11.9. The number of hydrogen-bond acceptors (Lipinski definition) is 4. The summed E-state index contributed by atoms with van der Waals surface area (Å²) in [6.45, 7) is 14.0. The molecule has 2 amide bonds. The number of morpholine rings is 1. The number of thiophene rings is 1. The van der Waals surface area contributed by atoms with Gasteiger partial charge in [-0.1, -0.05) is 39.0 Å². The van der Waals surface area contributed by atoms with Crippen LogP contribution in [0.1, 0.15) is 77.8 Å². The number of benzene rings is 1. The first-order chi connectivity index (χ1) is 15.5. The van der Waals surface area contributed by atoms with Crippen molar-refractivity contribution in [2.75, 3.05) is 18.4 Å². The maximum Gasteiger partial charge on any atom is 0.257 e. The fourth-order valence-electron chi connectivity index (χ4n) is 5.14. The van der Waals surface area contributed by atoms with Crippen molar-refractivity contribution in [1.29, 1.82) is 0 Å². The first kappa shape index (κ1) is 24.0. The third-order valence-electron chi connectivity index (χ3n) is 7.03. The molecule has 4 rings (SSSR count). The molecule has 178 valence electrons. The number of rotatable bonds is 3. The average molecular weight is 469 g/mol. The van der Waals surface area contributed by atoms with Gasteiger partial charge in [-0.2, -0.15) is 0 Å². The summed E-state index contributed by atoms with van der Waals surface area (Å²) >= 11 is 1.59. The zero-order valence-electron chi connectivity index (χ0n) is 20.7. The normalized spacial score (nSPS) is 23.2. The molecule has 0 radical (unpaired) electrons. The summed E-state index contributed by atoms with van der Waals surface area (Å²) in [5.74, 6) is 0.426. The van der Waals surface area contributed by atoms with E-state index >= 15 is 0 Å². The highest BCUT2D eigenvalue weighted by atomic mass is 32.1. The molecule has 5 nitrogen and oxygen atoms in total. The highest BCUT2D eigenvalue weighted by molar-refractivity contribution is 7.17. The van der Waals surface area contributed by atoms with Crippen molar-refractivity contribution in [3.8, 4) is 0 Å². The number of anilines is 1. The number of nitrogens with one attached hydrogen (secondary N) is 1.